The minimum atomic E-state index is -4.44. The number of anilines is 1. The number of carbonyl (C=O) groups excluding carboxylic acids is 1. The Morgan fingerprint density at radius 3 is 2.37 bits per heavy atom. The van der Waals surface area contributed by atoms with Gasteiger partial charge in [0.2, 0.25) is 0 Å². The Hall–Kier alpha value is -1.72. The fourth-order valence-corrected chi connectivity index (χ4v) is 1.66. The Bertz CT molecular complexity index is 415. The van der Waals surface area contributed by atoms with Gasteiger partial charge in [-0.3, -0.25) is 4.79 Å². The average molecular weight is 275 g/mol. The number of esters is 1. The van der Waals surface area contributed by atoms with Gasteiger partial charge in [0, 0.05) is 5.69 Å². The molecule has 1 unspecified atom stereocenters. The number of ether oxygens (including phenoxy) is 1. The first-order valence-electron chi connectivity index (χ1n) is 5.89. The molecule has 1 aromatic rings. The molecule has 0 radical (unpaired) electrons. The molecule has 0 amide bonds. The van der Waals surface area contributed by atoms with Gasteiger partial charge in [-0.15, -0.1) is 0 Å². The fourth-order valence-electron chi connectivity index (χ4n) is 1.66. The molecule has 3 nitrogen and oxygen atoms in total. The molecule has 0 heterocycles. The number of nitrogen functional groups attached to an aromatic ring is 1. The summed E-state index contributed by atoms with van der Waals surface area (Å²) in [5, 5.41) is 0. The highest BCUT2D eigenvalue weighted by Gasteiger charge is 2.41. The predicted molar refractivity (Wildman–Crippen MR) is 65.4 cm³/mol. The number of benzene rings is 1. The van der Waals surface area contributed by atoms with E-state index in [1.54, 1.807) is 6.92 Å². The van der Waals surface area contributed by atoms with Crippen LogP contribution in [0.25, 0.3) is 0 Å². The molecule has 0 aliphatic rings. The number of halogens is 3. The predicted octanol–water partition coefficient (Wildman–Crippen LogP) is 2.94. The van der Waals surface area contributed by atoms with Crippen molar-refractivity contribution in [2.24, 2.45) is 5.92 Å². The van der Waals surface area contributed by atoms with Crippen molar-refractivity contribution in [3.63, 3.8) is 0 Å². The number of alkyl halides is 3. The van der Waals surface area contributed by atoms with Crippen molar-refractivity contribution in [2.45, 2.75) is 25.9 Å². The molecule has 106 valence electrons. The summed E-state index contributed by atoms with van der Waals surface area (Å²) in [6, 6.07) is 6.12. The summed E-state index contributed by atoms with van der Waals surface area (Å²) < 4.78 is 43.1. The van der Waals surface area contributed by atoms with Crippen LogP contribution in [0.3, 0.4) is 0 Å². The lowest BCUT2D eigenvalue weighted by Crippen LogP contribution is -2.28. The van der Waals surface area contributed by atoms with Gasteiger partial charge in [-0.25, -0.2) is 0 Å². The number of hydrogen-bond acceptors (Lipinski definition) is 3. The van der Waals surface area contributed by atoms with Gasteiger partial charge in [0.15, 0.2) is 0 Å². The molecule has 0 spiro atoms. The Labute approximate surface area is 109 Å². The van der Waals surface area contributed by atoms with E-state index >= 15 is 0 Å². The van der Waals surface area contributed by atoms with Gasteiger partial charge in [-0.2, -0.15) is 13.2 Å². The third-order valence-corrected chi connectivity index (χ3v) is 2.64. The molecule has 19 heavy (non-hydrogen) atoms. The van der Waals surface area contributed by atoms with Crippen LogP contribution in [-0.4, -0.2) is 18.8 Å². The fraction of sp³-hybridized carbons (Fsp3) is 0.462. The van der Waals surface area contributed by atoms with Crippen molar-refractivity contribution in [2.75, 3.05) is 12.3 Å². The Morgan fingerprint density at radius 1 is 1.32 bits per heavy atom. The molecule has 0 saturated carbocycles. The molecular weight excluding hydrogens is 259 g/mol. The molecule has 1 aromatic carbocycles. The lowest BCUT2D eigenvalue weighted by molar-refractivity contribution is -0.184. The molecule has 1 rings (SSSR count). The van der Waals surface area contributed by atoms with Crippen LogP contribution in [0.5, 0.6) is 0 Å². The van der Waals surface area contributed by atoms with Crippen LogP contribution < -0.4 is 5.73 Å². The van der Waals surface area contributed by atoms with Crippen LogP contribution in [0.2, 0.25) is 0 Å². The molecule has 0 aromatic heterocycles. The van der Waals surface area contributed by atoms with E-state index < -0.39 is 24.5 Å². The van der Waals surface area contributed by atoms with Crippen molar-refractivity contribution in [1.29, 1.82) is 0 Å². The van der Waals surface area contributed by atoms with Gasteiger partial charge in [0.1, 0.15) is 0 Å². The summed E-state index contributed by atoms with van der Waals surface area (Å²) >= 11 is 0. The van der Waals surface area contributed by atoms with E-state index in [2.05, 4.69) is 4.74 Å². The summed E-state index contributed by atoms with van der Waals surface area (Å²) in [6.07, 6.45) is -5.36. The second-order valence-corrected chi connectivity index (χ2v) is 4.19. The van der Waals surface area contributed by atoms with Crippen molar-refractivity contribution < 1.29 is 22.7 Å². The topological polar surface area (TPSA) is 52.3 Å². The van der Waals surface area contributed by atoms with Crippen molar-refractivity contribution in [1.82, 2.24) is 0 Å². The van der Waals surface area contributed by atoms with Gasteiger partial charge in [0.25, 0.3) is 0 Å². The molecule has 0 bridgehead atoms. The van der Waals surface area contributed by atoms with Gasteiger partial charge < -0.3 is 10.5 Å². The maximum atomic E-state index is 12.9. The number of rotatable bonds is 5. The normalized spacial score (nSPS) is 13.1. The van der Waals surface area contributed by atoms with E-state index in [-0.39, 0.29) is 13.0 Å². The minimum Gasteiger partial charge on any atom is -0.466 e. The molecule has 0 fully saturated rings. The summed E-state index contributed by atoms with van der Waals surface area (Å²) in [6.45, 7) is 1.63. The standard InChI is InChI=1S/C13H16F3NO2/c1-2-19-12(18)8-10(13(14,15)16)7-9-3-5-11(17)6-4-9/h3-6,10H,2,7-8,17H2,1H3. The highest BCUT2D eigenvalue weighted by molar-refractivity contribution is 5.69. The van der Waals surface area contributed by atoms with E-state index in [0.29, 0.717) is 11.3 Å². The maximum Gasteiger partial charge on any atom is 0.392 e. The first-order chi connectivity index (χ1) is 8.82. The third kappa shape index (κ3) is 5.19. The van der Waals surface area contributed by atoms with E-state index in [1.165, 1.54) is 24.3 Å². The highest BCUT2D eigenvalue weighted by atomic mass is 19.4. The second-order valence-electron chi connectivity index (χ2n) is 4.19. The first-order valence-corrected chi connectivity index (χ1v) is 5.89. The molecule has 2 N–H and O–H groups in total. The lowest BCUT2D eigenvalue weighted by Gasteiger charge is -2.19. The zero-order chi connectivity index (χ0) is 14.5. The van der Waals surface area contributed by atoms with Crippen LogP contribution in [0.15, 0.2) is 24.3 Å². The van der Waals surface area contributed by atoms with E-state index in [9.17, 15) is 18.0 Å². The third-order valence-electron chi connectivity index (χ3n) is 2.64. The van der Waals surface area contributed by atoms with Crippen molar-refractivity contribution >= 4 is 11.7 Å². The number of hydrogen-bond donors (Lipinski definition) is 1. The van der Waals surface area contributed by atoms with Crippen LogP contribution in [0.4, 0.5) is 18.9 Å². The average Bonchev–Trinajstić information content (AvgIpc) is 2.30. The molecular formula is C13H16F3NO2. The van der Waals surface area contributed by atoms with Crippen LogP contribution in [0.1, 0.15) is 18.9 Å². The largest absolute Gasteiger partial charge is 0.466 e. The molecule has 0 aliphatic carbocycles. The Balaban J connectivity index is 2.75. The molecule has 0 aliphatic heterocycles. The zero-order valence-corrected chi connectivity index (χ0v) is 10.5. The maximum absolute atomic E-state index is 12.9. The zero-order valence-electron chi connectivity index (χ0n) is 10.5. The van der Waals surface area contributed by atoms with Crippen LogP contribution >= 0.6 is 0 Å². The lowest BCUT2D eigenvalue weighted by atomic mass is 9.95. The number of nitrogens with two attached hydrogens (primary N) is 1. The van der Waals surface area contributed by atoms with Crippen molar-refractivity contribution in [3.05, 3.63) is 29.8 Å². The number of carbonyl (C=O) groups is 1. The molecule has 6 heteroatoms. The summed E-state index contributed by atoms with van der Waals surface area (Å²) in [5.41, 5.74) is 6.44. The van der Waals surface area contributed by atoms with Gasteiger partial charge in [-0.05, 0) is 31.0 Å². The van der Waals surface area contributed by atoms with Gasteiger partial charge in [-0.1, -0.05) is 12.1 Å². The SMILES string of the molecule is CCOC(=O)CC(Cc1ccc(N)cc1)C(F)(F)F. The minimum absolute atomic E-state index is 0.0747. The quantitative estimate of drug-likeness (QED) is 0.664. The Kier molecular flexibility index (Phi) is 5.20. The summed E-state index contributed by atoms with van der Waals surface area (Å²) in [5.74, 6) is -2.57. The van der Waals surface area contributed by atoms with Gasteiger partial charge >= 0.3 is 12.1 Å². The van der Waals surface area contributed by atoms with Crippen LogP contribution in [0, 0.1) is 5.92 Å². The Morgan fingerprint density at radius 2 is 1.89 bits per heavy atom. The molecule has 0 saturated heterocycles. The summed E-state index contributed by atoms with van der Waals surface area (Å²) in [7, 11) is 0. The monoisotopic (exact) mass is 275 g/mol. The second kappa shape index (κ2) is 6.45. The van der Waals surface area contributed by atoms with Crippen molar-refractivity contribution in [3.8, 4) is 0 Å². The van der Waals surface area contributed by atoms with E-state index in [4.69, 9.17) is 5.73 Å². The molecule has 1 atom stereocenters. The van der Waals surface area contributed by atoms with E-state index in [0.717, 1.165) is 0 Å². The smallest absolute Gasteiger partial charge is 0.392 e. The first kappa shape index (κ1) is 15.3. The van der Waals surface area contributed by atoms with Gasteiger partial charge in [0.05, 0.1) is 18.9 Å². The van der Waals surface area contributed by atoms with E-state index in [1.807, 2.05) is 0 Å². The van der Waals surface area contributed by atoms with Crippen LogP contribution in [-0.2, 0) is 16.0 Å². The highest BCUT2D eigenvalue weighted by Crippen LogP contribution is 2.32. The summed E-state index contributed by atoms with van der Waals surface area (Å²) in [4.78, 5) is 11.2.